The van der Waals surface area contributed by atoms with Crippen LogP contribution in [0.5, 0.6) is 0 Å². The Morgan fingerprint density at radius 2 is 2.20 bits per heavy atom. The van der Waals surface area contributed by atoms with Crippen LogP contribution in [0.15, 0.2) is 22.7 Å². The first kappa shape index (κ1) is 12.5. The maximum Gasteiger partial charge on any atom is 0.251 e. The minimum atomic E-state index is -0.133. The lowest BCUT2D eigenvalue weighted by Crippen LogP contribution is -2.25. The Bertz CT molecular complexity index is 337. The van der Waals surface area contributed by atoms with Crippen molar-refractivity contribution < 1.29 is 4.79 Å². The second-order valence-electron chi connectivity index (χ2n) is 3.06. The predicted octanol–water partition coefficient (Wildman–Crippen LogP) is 2.18. The van der Waals surface area contributed by atoms with Gasteiger partial charge in [-0.05, 0) is 31.2 Å². The molecule has 0 saturated heterocycles. The average Bonchev–Trinajstić information content (AvgIpc) is 2.16. The number of rotatable bonds is 4. The highest BCUT2D eigenvalue weighted by molar-refractivity contribution is 9.10. The molecule has 5 heteroatoms. The van der Waals surface area contributed by atoms with E-state index >= 15 is 0 Å². The summed E-state index contributed by atoms with van der Waals surface area (Å²) in [5, 5.41) is 3.29. The normalized spacial score (nSPS) is 10.1. The highest BCUT2D eigenvalue weighted by atomic mass is 79.9. The quantitative estimate of drug-likeness (QED) is 0.836. The SMILES string of the molecule is NCCCNC(=O)c1cc(Cl)cc(Br)c1. The summed E-state index contributed by atoms with van der Waals surface area (Å²) >= 11 is 9.10. The lowest BCUT2D eigenvalue weighted by atomic mass is 10.2. The van der Waals surface area contributed by atoms with Crippen molar-refractivity contribution in [2.45, 2.75) is 6.42 Å². The number of carbonyl (C=O) groups excluding carboxylic acids is 1. The standard InChI is InChI=1S/C10H12BrClN2O/c11-8-4-7(5-9(12)6-8)10(15)14-3-1-2-13/h4-6H,1-3,13H2,(H,14,15). The Hall–Kier alpha value is -0.580. The third-order valence-electron chi connectivity index (χ3n) is 1.79. The highest BCUT2D eigenvalue weighted by Gasteiger charge is 2.06. The van der Waals surface area contributed by atoms with E-state index in [1.54, 1.807) is 18.2 Å². The van der Waals surface area contributed by atoms with Gasteiger partial charge in [0.2, 0.25) is 0 Å². The van der Waals surface area contributed by atoms with Crippen molar-refractivity contribution in [1.29, 1.82) is 0 Å². The first-order chi connectivity index (χ1) is 7.13. The molecule has 1 aromatic rings. The fraction of sp³-hybridized carbons (Fsp3) is 0.300. The van der Waals surface area contributed by atoms with Crippen molar-refractivity contribution in [2.24, 2.45) is 5.73 Å². The second-order valence-corrected chi connectivity index (χ2v) is 4.41. The van der Waals surface area contributed by atoms with Gasteiger partial charge in [-0.3, -0.25) is 4.79 Å². The summed E-state index contributed by atoms with van der Waals surface area (Å²) in [7, 11) is 0. The molecular weight excluding hydrogens is 279 g/mol. The van der Waals surface area contributed by atoms with E-state index in [4.69, 9.17) is 17.3 Å². The van der Waals surface area contributed by atoms with Crippen molar-refractivity contribution in [2.75, 3.05) is 13.1 Å². The molecule has 15 heavy (non-hydrogen) atoms. The number of amides is 1. The molecule has 1 rings (SSSR count). The van der Waals surface area contributed by atoms with Crippen molar-refractivity contribution in [1.82, 2.24) is 5.32 Å². The van der Waals surface area contributed by atoms with Gasteiger partial charge in [0, 0.05) is 21.6 Å². The molecule has 1 aromatic carbocycles. The van der Waals surface area contributed by atoms with Gasteiger partial charge in [-0.15, -0.1) is 0 Å². The average molecular weight is 292 g/mol. The van der Waals surface area contributed by atoms with Gasteiger partial charge >= 0.3 is 0 Å². The van der Waals surface area contributed by atoms with Crippen LogP contribution in [0.25, 0.3) is 0 Å². The number of nitrogens with two attached hydrogens (primary N) is 1. The molecule has 3 nitrogen and oxygen atoms in total. The van der Waals surface area contributed by atoms with Crippen LogP contribution in [0.3, 0.4) is 0 Å². The van der Waals surface area contributed by atoms with E-state index in [2.05, 4.69) is 21.2 Å². The van der Waals surface area contributed by atoms with Crippen molar-refractivity contribution >= 4 is 33.4 Å². The van der Waals surface area contributed by atoms with Crippen molar-refractivity contribution in [3.63, 3.8) is 0 Å². The van der Waals surface area contributed by atoms with E-state index < -0.39 is 0 Å². The summed E-state index contributed by atoms with van der Waals surface area (Å²) in [6, 6.07) is 5.09. The fourth-order valence-electron chi connectivity index (χ4n) is 1.09. The summed E-state index contributed by atoms with van der Waals surface area (Å²) < 4.78 is 0.791. The summed E-state index contributed by atoms with van der Waals surface area (Å²) in [5.74, 6) is -0.133. The first-order valence-corrected chi connectivity index (χ1v) is 5.75. The van der Waals surface area contributed by atoms with Crippen LogP contribution in [0, 0.1) is 0 Å². The van der Waals surface area contributed by atoms with E-state index in [0.717, 1.165) is 10.9 Å². The van der Waals surface area contributed by atoms with Crippen LogP contribution in [0.2, 0.25) is 5.02 Å². The lowest BCUT2D eigenvalue weighted by Gasteiger charge is -2.05. The molecule has 3 N–H and O–H groups in total. The molecule has 0 unspecified atom stereocenters. The largest absolute Gasteiger partial charge is 0.352 e. The van der Waals surface area contributed by atoms with Gasteiger partial charge in [0.1, 0.15) is 0 Å². The molecule has 0 spiro atoms. The van der Waals surface area contributed by atoms with Gasteiger partial charge < -0.3 is 11.1 Å². The predicted molar refractivity (Wildman–Crippen MR) is 65.2 cm³/mol. The number of nitrogens with one attached hydrogen (secondary N) is 1. The molecule has 0 saturated carbocycles. The lowest BCUT2D eigenvalue weighted by molar-refractivity contribution is 0.0953. The third kappa shape index (κ3) is 4.20. The number of carbonyl (C=O) groups is 1. The molecule has 0 atom stereocenters. The molecule has 0 bridgehead atoms. The minimum Gasteiger partial charge on any atom is -0.352 e. The Morgan fingerprint density at radius 1 is 1.47 bits per heavy atom. The van der Waals surface area contributed by atoms with Gasteiger partial charge in [0.25, 0.3) is 5.91 Å². The molecule has 0 radical (unpaired) electrons. The fourth-order valence-corrected chi connectivity index (χ4v) is 1.95. The van der Waals surface area contributed by atoms with Gasteiger partial charge in [0.15, 0.2) is 0 Å². The molecule has 0 aliphatic heterocycles. The highest BCUT2D eigenvalue weighted by Crippen LogP contribution is 2.19. The van der Waals surface area contributed by atoms with Gasteiger partial charge in [0.05, 0.1) is 0 Å². The molecule has 82 valence electrons. The van der Waals surface area contributed by atoms with Crippen LogP contribution < -0.4 is 11.1 Å². The smallest absolute Gasteiger partial charge is 0.251 e. The summed E-state index contributed by atoms with van der Waals surface area (Å²) in [6.45, 7) is 1.15. The van der Waals surface area contributed by atoms with E-state index in [0.29, 0.717) is 23.7 Å². The maximum absolute atomic E-state index is 11.6. The number of hydrogen-bond donors (Lipinski definition) is 2. The van der Waals surface area contributed by atoms with Gasteiger partial charge in [-0.25, -0.2) is 0 Å². The zero-order chi connectivity index (χ0) is 11.3. The molecule has 0 aliphatic carbocycles. The Kier molecular flexibility index (Phi) is 5.08. The number of halogens is 2. The van der Waals surface area contributed by atoms with Crippen LogP contribution in [0.1, 0.15) is 16.8 Å². The van der Waals surface area contributed by atoms with Gasteiger partial charge in [-0.1, -0.05) is 27.5 Å². The third-order valence-corrected chi connectivity index (χ3v) is 2.47. The van der Waals surface area contributed by atoms with Crippen LogP contribution in [-0.2, 0) is 0 Å². The molecule has 0 aromatic heterocycles. The minimum absolute atomic E-state index is 0.133. The Morgan fingerprint density at radius 3 is 2.80 bits per heavy atom. The summed E-state index contributed by atoms with van der Waals surface area (Å²) in [6.07, 6.45) is 0.771. The van der Waals surface area contributed by atoms with Crippen molar-refractivity contribution in [3.05, 3.63) is 33.3 Å². The second kappa shape index (κ2) is 6.10. The topological polar surface area (TPSA) is 55.1 Å². The van der Waals surface area contributed by atoms with E-state index in [1.807, 2.05) is 0 Å². The van der Waals surface area contributed by atoms with Gasteiger partial charge in [-0.2, -0.15) is 0 Å². The van der Waals surface area contributed by atoms with Crippen LogP contribution in [-0.4, -0.2) is 19.0 Å². The molecule has 0 aliphatic rings. The first-order valence-electron chi connectivity index (χ1n) is 4.58. The molecular formula is C10H12BrClN2O. The van der Waals surface area contributed by atoms with E-state index in [9.17, 15) is 4.79 Å². The zero-order valence-corrected chi connectivity index (χ0v) is 10.4. The molecule has 0 fully saturated rings. The summed E-state index contributed by atoms with van der Waals surface area (Å²) in [5.41, 5.74) is 5.87. The molecule has 0 heterocycles. The van der Waals surface area contributed by atoms with Crippen LogP contribution >= 0.6 is 27.5 Å². The Labute approximate surface area is 102 Å². The zero-order valence-electron chi connectivity index (χ0n) is 8.09. The number of benzene rings is 1. The number of hydrogen-bond acceptors (Lipinski definition) is 2. The summed E-state index contributed by atoms with van der Waals surface area (Å²) in [4.78, 5) is 11.6. The van der Waals surface area contributed by atoms with E-state index in [-0.39, 0.29) is 5.91 Å². The molecule has 1 amide bonds. The van der Waals surface area contributed by atoms with Crippen LogP contribution in [0.4, 0.5) is 0 Å². The monoisotopic (exact) mass is 290 g/mol. The van der Waals surface area contributed by atoms with E-state index in [1.165, 1.54) is 0 Å². The maximum atomic E-state index is 11.6. The van der Waals surface area contributed by atoms with Crippen molar-refractivity contribution in [3.8, 4) is 0 Å². The Balaban J connectivity index is 2.65.